The monoisotopic (exact) mass is 350 g/mol. The molecule has 0 saturated carbocycles. The second-order valence-corrected chi connectivity index (χ2v) is 7.98. The first-order valence-corrected chi connectivity index (χ1v) is 10.2. The fourth-order valence-corrected chi connectivity index (χ4v) is 5.09. The molecule has 0 fully saturated rings. The Labute approximate surface area is 114 Å². The van der Waals surface area contributed by atoms with Gasteiger partial charge in [0.05, 0.1) is 0 Å². The molecular formula is C12H22O4Sn. The summed E-state index contributed by atoms with van der Waals surface area (Å²) in [5.74, 6) is -2.73. The van der Waals surface area contributed by atoms with Gasteiger partial charge in [-0.2, -0.15) is 0 Å². The summed E-state index contributed by atoms with van der Waals surface area (Å²) in [6, 6.07) is 0. The maximum absolute atomic E-state index is 9.50. The predicted octanol–water partition coefficient (Wildman–Crippen LogP) is 0.394. The molecule has 0 aliphatic rings. The second kappa shape index (κ2) is 15.7. The molecule has 0 atom stereocenters. The molecule has 0 heterocycles. The van der Waals surface area contributed by atoms with Crippen molar-refractivity contribution in [1.82, 2.24) is 0 Å². The van der Waals surface area contributed by atoms with Crippen LogP contribution in [0.1, 0.15) is 52.4 Å². The third-order valence-corrected chi connectivity index (χ3v) is 5.98. The molecule has 0 aromatic carbocycles. The first kappa shape index (κ1) is 19.1. The second-order valence-electron chi connectivity index (χ2n) is 3.70. The molecule has 5 heteroatoms. The average molecular weight is 349 g/mol. The minimum Gasteiger partial charge on any atom is -0.550 e. The summed E-state index contributed by atoms with van der Waals surface area (Å²) in [5.41, 5.74) is 0. The number of carbonyl (C=O) groups is 2. The number of hydrogen-bond acceptors (Lipinski definition) is 4. The molecule has 0 radical (unpaired) electrons. The summed E-state index contributed by atoms with van der Waals surface area (Å²) in [7, 11) is 0. The van der Waals surface area contributed by atoms with Crippen LogP contribution in [0.25, 0.3) is 0 Å². The van der Waals surface area contributed by atoms with Gasteiger partial charge < -0.3 is 19.8 Å². The van der Waals surface area contributed by atoms with Crippen molar-refractivity contribution in [2.75, 3.05) is 0 Å². The van der Waals surface area contributed by atoms with E-state index in [2.05, 4.69) is 13.8 Å². The van der Waals surface area contributed by atoms with Crippen molar-refractivity contribution in [3.8, 4) is 0 Å². The molecule has 0 amide bonds. The van der Waals surface area contributed by atoms with E-state index in [1.165, 1.54) is 25.7 Å². The third-order valence-electron chi connectivity index (χ3n) is 1.95. The van der Waals surface area contributed by atoms with Crippen LogP contribution in [0.4, 0.5) is 0 Å². The Bertz CT molecular complexity index is 175. The molecule has 0 rings (SSSR count). The normalized spacial score (nSPS) is 8.82. The van der Waals surface area contributed by atoms with Crippen LogP contribution in [-0.2, 0) is 9.59 Å². The van der Waals surface area contributed by atoms with E-state index in [1.54, 1.807) is 8.87 Å². The quantitative estimate of drug-likeness (QED) is 0.446. The molecule has 17 heavy (non-hydrogen) atoms. The summed E-state index contributed by atoms with van der Waals surface area (Å²) in [5, 5.41) is 19.0. The van der Waals surface area contributed by atoms with E-state index >= 15 is 0 Å². The van der Waals surface area contributed by atoms with Gasteiger partial charge in [0, 0.05) is 11.9 Å². The topological polar surface area (TPSA) is 80.3 Å². The number of rotatable bonds is 9. The van der Waals surface area contributed by atoms with Gasteiger partial charge in [0.15, 0.2) is 0 Å². The number of carboxylic acids is 2. The van der Waals surface area contributed by atoms with Gasteiger partial charge in [0.2, 0.25) is 0 Å². The zero-order valence-electron chi connectivity index (χ0n) is 10.8. The van der Waals surface area contributed by atoms with Crippen LogP contribution in [0.3, 0.4) is 0 Å². The third kappa shape index (κ3) is 25.8. The van der Waals surface area contributed by atoms with Crippen molar-refractivity contribution in [2.24, 2.45) is 0 Å². The van der Waals surface area contributed by atoms with Gasteiger partial charge in [-0.15, -0.1) is 0 Å². The van der Waals surface area contributed by atoms with Crippen LogP contribution in [0.5, 0.6) is 0 Å². The summed E-state index contributed by atoms with van der Waals surface area (Å²) >= 11 is 0.149. The van der Waals surface area contributed by atoms with Crippen molar-refractivity contribution < 1.29 is 19.8 Å². The molecule has 0 N–H and O–H groups in total. The van der Waals surface area contributed by atoms with E-state index in [4.69, 9.17) is 0 Å². The number of carbonyl (C=O) groups excluding carboxylic acids is 2. The zero-order chi connectivity index (χ0) is 13.5. The van der Waals surface area contributed by atoms with Crippen molar-refractivity contribution in [1.29, 1.82) is 0 Å². The maximum atomic E-state index is 9.50. The van der Waals surface area contributed by atoms with Gasteiger partial charge in [0.25, 0.3) is 0 Å². The van der Waals surface area contributed by atoms with E-state index in [-0.39, 0.29) is 21.1 Å². The molecule has 0 aromatic rings. The molecular weight excluding hydrogens is 327 g/mol. The molecule has 0 saturated heterocycles. The minimum atomic E-state index is -1.37. The molecule has 0 aliphatic heterocycles. The Kier molecular flexibility index (Phi) is 17.7. The van der Waals surface area contributed by atoms with E-state index in [0.29, 0.717) is 0 Å². The first-order chi connectivity index (χ1) is 8.04. The summed E-state index contributed by atoms with van der Waals surface area (Å²) in [6.45, 7) is 4.58. The van der Waals surface area contributed by atoms with Crippen molar-refractivity contribution in [3.63, 3.8) is 0 Å². The van der Waals surface area contributed by atoms with Crippen molar-refractivity contribution in [3.05, 3.63) is 0 Å². The number of aliphatic carboxylic acids is 2. The Morgan fingerprint density at radius 2 is 1.24 bits per heavy atom. The molecule has 0 bridgehead atoms. The number of carboxylic acid groups (broad SMARTS) is 2. The molecule has 0 aromatic heterocycles. The molecule has 4 nitrogen and oxygen atoms in total. The fourth-order valence-electron chi connectivity index (χ4n) is 0.933. The Balaban J connectivity index is 0. The maximum Gasteiger partial charge on any atom is 0.0418 e. The SMILES string of the molecule is CCC[CH2][Sn+2][CH2]CCC.O=C([O-])CCC(=O)[O-]. The summed E-state index contributed by atoms with van der Waals surface area (Å²) in [6.07, 6.45) is 4.90. The van der Waals surface area contributed by atoms with Gasteiger partial charge in [-0.25, -0.2) is 0 Å². The Morgan fingerprint density at radius 3 is 1.47 bits per heavy atom. The van der Waals surface area contributed by atoms with E-state index in [9.17, 15) is 19.8 Å². The first-order valence-electron chi connectivity index (χ1n) is 6.14. The van der Waals surface area contributed by atoms with Gasteiger partial charge in [-0.05, 0) is 12.8 Å². The van der Waals surface area contributed by atoms with Gasteiger partial charge in [-0.1, -0.05) is 0 Å². The predicted molar refractivity (Wildman–Crippen MR) is 64.4 cm³/mol. The average Bonchev–Trinajstić information content (AvgIpc) is 2.27. The number of unbranched alkanes of at least 4 members (excludes halogenated alkanes) is 2. The van der Waals surface area contributed by atoms with Crippen LogP contribution >= 0.6 is 0 Å². The van der Waals surface area contributed by atoms with Crippen LogP contribution in [0.2, 0.25) is 8.87 Å². The van der Waals surface area contributed by atoms with E-state index in [1.807, 2.05) is 0 Å². The van der Waals surface area contributed by atoms with Crippen molar-refractivity contribution in [2.45, 2.75) is 61.2 Å². The molecule has 0 aliphatic carbocycles. The van der Waals surface area contributed by atoms with Crippen LogP contribution in [0, 0.1) is 0 Å². The molecule has 98 valence electrons. The van der Waals surface area contributed by atoms with Gasteiger partial charge in [-0.3, -0.25) is 0 Å². The number of hydrogen-bond donors (Lipinski definition) is 0. The van der Waals surface area contributed by atoms with Crippen LogP contribution in [-0.4, -0.2) is 33.1 Å². The summed E-state index contributed by atoms with van der Waals surface area (Å²) < 4.78 is 3.25. The van der Waals surface area contributed by atoms with Gasteiger partial charge >= 0.3 is 69.5 Å². The van der Waals surface area contributed by atoms with Crippen molar-refractivity contribution >= 4 is 33.1 Å². The Morgan fingerprint density at radius 1 is 0.882 bits per heavy atom. The zero-order valence-corrected chi connectivity index (χ0v) is 13.6. The van der Waals surface area contributed by atoms with Crippen LogP contribution < -0.4 is 10.2 Å². The smallest absolute Gasteiger partial charge is 0.0418 e. The fraction of sp³-hybridized carbons (Fsp3) is 0.833. The van der Waals surface area contributed by atoms with E-state index < -0.39 is 24.8 Å². The summed E-state index contributed by atoms with van der Waals surface area (Å²) in [4.78, 5) is 19.0. The van der Waals surface area contributed by atoms with E-state index in [0.717, 1.165) is 0 Å². The van der Waals surface area contributed by atoms with Gasteiger partial charge in [0.1, 0.15) is 0 Å². The van der Waals surface area contributed by atoms with Crippen LogP contribution in [0.15, 0.2) is 0 Å². The Hall–Kier alpha value is -0.261. The largest absolute Gasteiger partial charge is 0.550 e. The minimum absolute atomic E-state index is 0.149. The standard InChI is InChI=1S/C4H6O4.2C4H9.Sn/c5-3(6)1-2-4(7)8;2*1-3-4-2;/h1-2H2,(H,5,6)(H,7,8);2*1,3-4H2,2H3;/q;;;+2/p-2. The molecule has 0 spiro atoms. The molecule has 0 unspecified atom stereocenters.